The van der Waals surface area contributed by atoms with Gasteiger partial charge in [-0.3, -0.25) is 14.3 Å². The van der Waals surface area contributed by atoms with Crippen LogP contribution in [0.25, 0.3) is 5.65 Å². The van der Waals surface area contributed by atoms with E-state index in [1.54, 1.807) is 4.90 Å². The molecule has 2 amide bonds. The molecule has 0 spiro atoms. The van der Waals surface area contributed by atoms with Crippen LogP contribution in [0.3, 0.4) is 0 Å². The van der Waals surface area contributed by atoms with Crippen molar-refractivity contribution in [3.05, 3.63) is 41.1 Å². The Hall–Kier alpha value is -3.12. The van der Waals surface area contributed by atoms with Crippen LogP contribution in [0, 0.1) is 6.92 Å². The van der Waals surface area contributed by atoms with Crippen molar-refractivity contribution in [3.8, 4) is 0 Å². The smallest absolute Gasteiger partial charge is 0.364 e. The number of aryl methyl sites for hydroxylation is 2. The van der Waals surface area contributed by atoms with Gasteiger partial charge in [-0.25, -0.2) is 9.50 Å². The van der Waals surface area contributed by atoms with Gasteiger partial charge in [-0.1, -0.05) is 0 Å². The molecule has 0 atom stereocenters. The highest BCUT2D eigenvalue weighted by Gasteiger charge is 2.33. The zero-order chi connectivity index (χ0) is 23.0. The van der Waals surface area contributed by atoms with E-state index in [1.807, 2.05) is 6.92 Å². The van der Waals surface area contributed by atoms with Crippen molar-refractivity contribution in [2.75, 3.05) is 31.6 Å². The second kappa shape index (κ2) is 8.43. The number of ether oxygens (including phenoxy) is 1. The molecule has 1 aliphatic rings. The van der Waals surface area contributed by atoms with Gasteiger partial charge in [-0.2, -0.15) is 19.0 Å². The number of anilines is 1. The zero-order valence-corrected chi connectivity index (χ0v) is 18.1. The van der Waals surface area contributed by atoms with E-state index >= 15 is 0 Å². The highest BCUT2D eigenvalue weighted by atomic mass is 35.5. The van der Waals surface area contributed by atoms with E-state index < -0.39 is 17.0 Å². The summed E-state index contributed by atoms with van der Waals surface area (Å²) in [7, 11) is 0. The molecule has 1 aliphatic heterocycles. The van der Waals surface area contributed by atoms with Crippen molar-refractivity contribution in [2.24, 2.45) is 0 Å². The summed E-state index contributed by atoms with van der Waals surface area (Å²) in [5, 5.41) is 7.02. The fraction of sp³-hybridized carbons (Fsp3) is 0.421. The van der Waals surface area contributed by atoms with Gasteiger partial charge >= 0.3 is 5.38 Å². The predicted molar refractivity (Wildman–Crippen MR) is 110 cm³/mol. The summed E-state index contributed by atoms with van der Waals surface area (Å²) >= 11 is 5.19. The van der Waals surface area contributed by atoms with Crippen LogP contribution in [0.1, 0.15) is 39.3 Å². The van der Waals surface area contributed by atoms with Gasteiger partial charge in [0.25, 0.3) is 11.8 Å². The third-order valence-corrected chi connectivity index (χ3v) is 5.16. The van der Waals surface area contributed by atoms with Crippen LogP contribution in [-0.2, 0) is 16.7 Å². The van der Waals surface area contributed by atoms with Gasteiger partial charge in [0.05, 0.1) is 25.1 Å². The van der Waals surface area contributed by atoms with Gasteiger partial charge < -0.3 is 15.0 Å². The number of halogens is 3. The SMILES string of the molecule is CCn1ncc(NC(=O)c2cc3nc(C)cc(C(F)(F)Cl)n3n2)c1C(=O)N1CCOCC1. The number of alkyl halides is 3. The van der Waals surface area contributed by atoms with Crippen LogP contribution < -0.4 is 5.32 Å². The number of hydrogen-bond acceptors (Lipinski definition) is 6. The first-order valence-electron chi connectivity index (χ1n) is 9.88. The number of hydrogen-bond donors (Lipinski definition) is 1. The van der Waals surface area contributed by atoms with Crippen molar-refractivity contribution in [3.63, 3.8) is 0 Å². The summed E-state index contributed by atoms with van der Waals surface area (Å²) < 4.78 is 35.2. The van der Waals surface area contributed by atoms with Crippen LogP contribution in [0.2, 0.25) is 0 Å². The summed E-state index contributed by atoms with van der Waals surface area (Å²) in [6, 6.07) is 2.36. The number of carbonyl (C=O) groups is 2. The minimum Gasteiger partial charge on any atom is -0.378 e. The third kappa shape index (κ3) is 4.15. The second-order valence-electron chi connectivity index (χ2n) is 7.16. The number of aromatic nitrogens is 5. The highest BCUT2D eigenvalue weighted by molar-refractivity contribution is 6.21. The van der Waals surface area contributed by atoms with Crippen LogP contribution in [0.15, 0.2) is 18.3 Å². The average Bonchev–Trinajstić information content (AvgIpc) is 3.36. The molecule has 0 saturated carbocycles. The van der Waals surface area contributed by atoms with Gasteiger partial charge in [-0.15, -0.1) is 0 Å². The lowest BCUT2D eigenvalue weighted by molar-refractivity contribution is 0.0295. The maximum Gasteiger partial charge on any atom is 0.364 e. The Labute approximate surface area is 186 Å². The number of morpholine rings is 1. The van der Waals surface area contributed by atoms with Gasteiger partial charge in [0.2, 0.25) is 0 Å². The van der Waals surface area contributed by atoms with Crippen LogP contribution in [0.5, 0.6) is 0 Å². The summed E-state index contributed by atoms with van der Waals surface area (Å²) in [6.07, 6.45) is 1.37. The molecule has 0 bridgehead atoms. The lowest BCUT2D eigenvalue weighted by atomic mass is 10.2. The Kier molecular flexibility index (Phi) is 5.82. The number of nitrogens with zero attached hydrogens (tertiary/aromatic N) is 6. The summed E-state index contributed by atoms with van der Waals surface area (Å²) in [6.45, 7) is 5.46. The molecule has 4 heterocycles. The molecule has 170 valence electrons. The molecule has 13 heteroatoms. The fourth-order valence-electron chi connectivity index (χ4n) is 3.46. The maximum atomic E-state index is 13.8. The molecule has 0 radical (unpaired) electrons. The molecule has 3 aromatic heterocycles. The van der Waals surface area contributed by atoms with E-state index in [1.165, 1.54) is 23.9 Å². The van der Waals surface area contributed by atoms with Crippen LogP contribution in [0.4, 0.5) is 14.5 Å². The normalized spacial score (nSPS) is 14.7. The van der Waals surface area contributed by atoms with Crippen LogP contribution >= 0.6 is 11.6 Å². The van der Waals surface area contributed by atoms with Crippen molar-refractivity contribution in [2.45, 2.75) is 25.8 Å². The van der Waals surface area contributed by atoms with Gasteiger partial charge in [0.1, 0.15) is 11.4 Å². The minimum absolute atomic E-state index is 0.0411. The van der Waals surface area contributed by atoms with Crippen molar-refractivity contribution in [1.29, 1.82) is 0 Å². The Morgan fingerprint density at radius 1 is 1.28 bits per heavy atom. The highest BCUT2D eigenvalue weighted by Crippen LogP contribution is 2.32. The van der Waals surface area contributed by atoms with Gasteiger partial charge in [0, 0.05) is 31.4 Å². The lowest BCUT2D eigenvalue weighted by Crippen LogP contribution is -2.41. The van der Waals surface area contributed by atoms with E-state index in [2.05, 4.69) is 20.5 Å². The maximum absolute atomic E-state index is 13.8. The molecular formula is C19H20ClF2N7O3. The molecule has 1 saturated heterocycles. The molecule has 0 unspecified atom stereocenters. The summed E-state index contributed by atoms with van der Waals surface area (Å²) in [5.74, 6) is -0.997. The molecule has 1 N–H and O–H groups in total. The van der Waals surface area contributed by atoms with E-state index in [4.69, 9.17) is 16.3 Å². The Bertz CT molecular complexity index is 1180. The number of rotatable bonds is 5. The first-order valence-corrected chi connectivity index (χ1v) is 10.3. The summed E-state index contributed by atoms with van der Waals surface area (Å²) in [4.78, 5) is 31.6. The number of fused-ring (bicyclic) bond motifs is 1. The molecular weight excluding hydrogens is 448 g/mol. The van der Waals surface area contributed by atoms with Gasteiger partial charge in [-0.05, 0) is 31.5 Å². The lowest BCUT2D eigenvalue weighted by Gasteiger charge is -2.27. The van der Waals surface area contributed by atoms with E-state index in [9.17, 15) is 18.4 Å². The molecule has 32 heavy (non-hydrogen) atoms. The van der Waals surface area contributed by atoms with Gasteiger partial charge in [0.15, 0.2) is 11.3 Å². The zero-order valence-electron chi connectivity index (χ0n) is 17.3. The third-order valence-electron chi connectivity index (χ3n) is 4.97. The monoisotopic (exact) mass is 467 g/mol. The Morgan fingerprint density at radius 2 is 2.00 bits per heavy atom. The van der Waals surface area contributed by atoms with E-state index in [0.29, 0.717) is 38.5 Å². The standard InChI is InChI=1S/C19H20ClF2N7O3/c1-3-28-16(18(31)27-4-6-32-7-5-27)13(10-23-28)25-17(30)12-9-15-24-11(2)8-14(19(20,21)22)29(15)26-12/h8-10H,3-7H2,1-2H3,(H,25,30). The Morgan fingerprint density at radius 3 is 2.66 bits per heavy atom. The first-order chi connectivity index (χ1) is 15.2. The minimum atomic E-state index is -3.70. The topological polar surface area (TPSA) is 107 Å². The van der Waals surface area contributed by atoms with Crippen molar-refractivity contribution in [1.82, 2.24) is 29.3 Å². The molecule has 1 fully saturated rings. The number of amides is 2. The fourth-order valence-corrected chi connectivity index (χ4v) is 3.59. The second-order valence-corrected chi connectivity index (χ2v) is 7.64. The average molecular weight is 468 g/mol. The largest absolute Gasteiger partial charge is 0.378 e. The predicted octanol–water partition coefficient (Wildman–Crippen LogP) is 2.27. The van der Waals surface area contributed by atoms with Crippen LogP contribution in [-0.4, -0.2) is 67.4 Å². The Balaban J connectivity index is 1.66. The first kappa shape index (κ1) is 22.1. The summed E-state index contributed by atoms with van der Waals surface area (Å²) in [5.41, 5.74) is -0.0328. The molecule has 4 rings (SSSR count). The van der Waals surface area contributed by atoms with Crippen molar-refractivity contribution >= 4 is 34.7 Å². The number of carbonyl (C=O) groups excluding carboxylic acids is 2. The molecule has 3 aromatic rings. The van der Waals surface area contributed by atoms with E-state index in [-0.39, 0.29) is 28.6 Å². The van der Waals surface area contributed by atoms with Crippen molar-refractivity contribution < 1.29 is 23.1 Å². The number of nitrogens with one attached hydrogen (secondary N) is 1. The molecule has 10 nitrogen and oxygen atoms in total. The molecule has 0 aromatic carbocycles. The quantitative estimate of drug-likeness (QED) is 0.577. The van der Waals surface area contributed by atoms with E-state index in [0.717, 1.165) is 10.6 Å². The molecule has 0 aliphatic carbocycles.